The highest BCUT2D eigenvalue weighted by Crippen LogP contribution is 2.26. The highest BCUT2D eigenvalue weighted by Gasteiger charge is 2.32. The third-order valence-electron chi connectivity index (χ3n) is 4.03. The third kappa shape index (κ3) is 6.81. The molecule has 0 saturated heterocycles. The van der Waals surface area contributed by atoms with Crippen LogP contribution in [0.3, 0.4) is 0 Å². The van der Waals surface area contributed by atoms with E-state index in [1.54, 1.807) is 19.2 Å². The summed E-state index contributed by atoms with van der Waals surface area (Å²) in [6, 6.07) is 6.77. The Balaban J connectivity index is 1.82. The van der Waals surface area contributed by atoms with Crippen molar-refractivity contribution in [3.63, 3.8) is 0 Å². The van der Waals surface area contributed by atoms with Crippen molar-refractivity contribution in [3.8, 4) is 5.75 Å². The van der Waals surface area contributed by atoms with Gasteiger partial charge in [0.05, 0.1) is 0 Å². The molecule has 1 saturated carbocycles. The summed E-state index contributed by atoms with van der Waals surface area (Å²) in [5.41, 5.74) is 0.413. The number of alkyl halides is 3. The predicted molar refractivity (Wildman–Crippen MR) is 91.6 cm³/mol. The lowest BCUT2D eigenvalue weighted by atomic mass is 10.2. The van der Waals surface area contributed by atoms with Crippen molar-refractivity contribution in [1.29, 1.82) is 0 Å². The minimum atomic E-state index is -4.71. The van der Waals surface area contributed by atoms with Crippen LogP contribution in [-0.2, 0) is 6.54 Å². The Morgan fingerprint density at radius 2 is 2.00 bits per heavy atom. The second-order valence-corrected chi connectivity index (χ2v) is 5.87. The first-order valence-corrected chi connectivity index (χ1v) is 8.45. The zero-order valence-electron chi connectivity index (χ0n) is 14.6. The molecule has 1 aromatic carbocycles. The molecule has 0 unspecified atom stereocenters. The van der Waals surface area contributed by atoms with Gasteiger partial charge in [-0.05, 0) is 25.5 Å². The van der Waals surface area contributed by atoms with Crippen LogP contribution in [0.5, 0.6) is 5.75 Å². The number of rotatable bonds is 8. The van der Waals surface area contributed by atoms with Crippen molar-refractivity contribution in [2.45, 2.75) is 38.7 Å². The van der Waals surface area contributed by atoms with Crippen molar-refractivity contribution in [1.82, 2.24) is 15.5 Å². The van der Waals surface area contributed by atoms with Crippen LogP contribution in [-0.4, -0.2) is 49.9 Å². The van der Waals surface area contributed by atoms with E-state index in [1.165, 1.54) is 25.0 Å². The Hall–Kier alpha value is -1.96. The fraction of sp³-hybridized carbons (Fsp3) is 0.588. The van der Waals surface area contributed by atoms with Crippen LogP contribution in [0.15, 0.2) is 29.3 Å². The van der Waals surface area contributed by atoms with E-state index in [0.29, 0.717) is 17.6 Å². The van der Waals surface area contributed by atoms with Gasteiger partial charge < -0.3 is 15.4 Å². The molecule has 0 bridgehead atoms. The highest BCUT2D eigenvalue weighted by molar-refractivity contribution is 5.79. The largest absolute Gasteiger partial charge is 0.573 e. The molecule has 0 amide bonds. The van der Waals surface area contributed by atoms with E-state index in [2.05, 4.69) is 32.2 Å². The molecule has 0 heterocycles. The first-order chi connectivity index (χ1) is 11.9. The summed E-state index contributed by atoms with van der Waals surface area (Å²) in [6.45, 7) is 4.98. The van der Waals surface area contributed by atoms with Crippen LogP contribution in [0.1, 0.15) is 25.3 Å². The molecular weight excluding hydrogens is 333 g/mol. The maximum atomic E-state index is 12.4. The van der Waals surface area contributed by atoms with Gasteiger partial charge in [-0.1, -0.05) is 25.1 Å². The summed E-state index contributed by atoms with van der Waals surface area (Å²) >= 11 is 0. The number of hydrogen-bond donors (Lipinski definition) is 2. The lowest BCUT2D eigenvalue weighted by molar-refractivity contribution is -0.274. The Morgan fingerprint density at radius 1 is 1.28 bits per heavy atom. The first kappa shape index (κ1) is 19.4. The van der Waals surface area contributed by atoms with Gasteiger partial charge in [-0.15, -0.1) is 13.2 Å². The number of likely N-dealkylation sites (N-methyl/N-ethyl adjacent to an activating group) is 1. The number of halogens is 3. The summed E-state index contributed by atoms with van der Waals surface area (Å²) in [5.74, 6) is 0.345. The molecule has 0 atom stereocenters. The molecule has 140 valence electrons. The van der Waals surface area contributed by atoms with Gasteiger partial charge in [0, 0.05) is 38.3 Å². The zero-order chi connectivity index (χ0) is 18.3. The maximum Gasteiger partial charge on any atom is 0.573 e. The van der Waals surface area contributed by atoms with Gasteiger partial charge in [-0.2, -0.15) is 0 Å². The molecule has 1 aliphatic carbocycles. The Kier molecular flexibility index (Phi) is 6.92. The summed E-state index contributed by atoms with van der Waals surface area (Å²) in [5, 5.41) is 6.21. The SMILES string of the molecule is CCN(CCNC(=NC)NCc1ccccc1OC(F)(F)F)C1CC1. The van der Waals surface area contributed by atoms with E-state index in [-0.39, 0.29) is 12.3 Å². The molecule has 25 heavy (non-hydrogen) atoms. The summed E-state index contributed by atoms with van der Waals surface area (Å²) < 4.78 is 41.4. The Bertz CT molecular complexity index is 573. The smallest absolute Gasteiger partial charge is 0.405 e. The molecule has 1 fully saturated rings. The van der Waals surface area contributed by atoms with E-state index >= 15 is 0 Å². The van der Waals surface area contributed by atoms with Crippen molar-refractivity contribution in [3.05, 3.63) is 29.8 Å². The fourth-order valence-corrected chi connectivity index (χ4v) is 2.63. The van der Waals surface area contributed by atoms with Crippen LogP contribution in [0, 0.1) is 0 Å². The van der Waals surface area contributed by atoms with E-state index < -0.39 is 6.36 Å². The lowest BCUT2D eigenvalue weighted by Gasteiger charge is -2.21. The van der Waals surface area contributed by atoms with Crippen molar-refractivity contribution < 1.29 is 17.9 Å². The average Bonchev–Trinajstić information content (AvgIpc) is 3.39. The number of nitrogens with one attached hydrogen (secondary N) is 2. The number of guanidine groups is 1. The average molecular weight is 358 g/mol. The van der Waals surface area contributed by atoms with Crippen molar-refractivity contribution in [2.24, 2.45) is 4.99 Å². The first-order valence-electron chi connectivity index (χ1n) is 8.45. The van der Waals surface area contributed by atoms with E-state index in [9.17, 15) is 13.2 Å². The van der Waals surface area contributed by atoms with Crippen molar-refractivity contribution >= 4 is 5.96 Å². The zero-order valence-corrected chi connectivity index (χ0v) is 14.6. The van der Waals surface area contributed by atoms with Gasteiger partial charge in [0.2, 0.25) is 0 Å². The molecule has 1 aliphatic rings. The topological polar surface area (TPSA) is 48.9 Å². The number of aliphatic imine (C=N–C) groups is 1. The van der Waals surface area contributed by atoms with Crippen LogP contribution < -0.4 is 15.4 Å². The van der Waals surface area contributed by atoms with Crippen LogP contribution >= 0.6 is 0 Å². The number of nitrogens with zero attached hydrogens (tertiary/aromatic N) is 2. The molecule has 0 aliphatic heterocycles. The van der Waals surface area contributed by atoms with Gasteiger partial charge in [-0.25, -0.2) is 0 Å². The quantitative estimate of drug-likeness (QED) is 0.554. The molecule has 5 nitrogen and oxygen atoms in total. The second kappa shape index (κ2) is 8.94. The lowest BCUT2D eigenvalue weighted by Crippen LogP contribution is -2.41. The fourth-order valence-electron chi connectivity index (χ4n) is 2.63. The number of hydrogen-bond acceptors (Lipinski definition) is 3. The standard InChI is InChI=1S/C17H25F3N4O/c1-3-24(14-8-9-14)11-10-22-16(21-2)23-12-13-6-4-5-7-15(13)25-17(18,19)20/h4-7,14H,3,8-12H2,1-2H3,(H2,21,22,23). The minimum absolute atomic E-state index is 0.187. The van der Waals surface area contributed by atoms with Gasteiger partial charge in [0.1, 0.15) is 5.75 Å². The van der Waals surface area contributed by atoms with Crippen LogP contribution in [0.4, 0.5) is 13.2 Å². The summed E-state index contributed by atoms with van der Waals surface area (Å²) in [6.07, 6.45) is -2.18. The van der Waals surface area contributed by atoms with E-state index in [4.69, 9.17) is 0 Å². The predicted octanol–water partition coefficient (Wildman–Crippen LogP) is 2.73. The molecule has 2 N–H and O–H groups in total. The van der Waals surface area contributed by atoms with Gasteiger partial charge in [0.25, 0.3) is 0 Å². The summed E-state index contributed by atoms with van der Waals surface area (Å²) in [4.78, 5) is 6.51. The monoisotopic (exact) mass is 358 g/mol. The van der Waals surface area contributed by atoms with Gasteiger partial charge in [-0.3, -0.25) is 9.89 Å². The molecule has 2 rings (SSSR count). The molecule has 8 heteroatoms. The van der Waals surface area contributed by atoms with E-state index in [0.717, 1.165) is 19.6 Å². The highest BCUT2D eigenvalue weighted by atomic mass is 19.4. The van der Waals surface area contributed by atoms with Crippen molar-refractivity contribution in [2.75, 3.05) is 26.7 Å². The number of para-hydroxylation sites is 1. The molecule has 0 radical (unpaired) electrons. The van der Waals surface area contributed by atoms with E-state index in [1.807, 2.05) is 0 Å². The minimum Gasteiger partial charge on any atom is -0.405 e. The Morgan fingerprint density at radius 3 is 2.60 bits per heavy atom. The second-order valence-electron chi connectivity index (χ2n) is 5.87. The molecular formula is C17H25F3N4O. The normalized spacial score (nSPS) is 15.4. The van der Waals surface area contributed by atoms with Gasteiger partial charge >= 0.3 is 6.36 Å². The summed E-state index contributed by atoms with van der Waals surface area (Å²) in [7, 11) is 1.63. The number of benzene rings is 1. The number of ether oxygens (including phenoxy) is 1. The Labute approximate surface area is 146 Å². The molecule has 0 spiro atoms. The maximum absolute atomic E-state index is 12.4. The van der Waals surface area contributed by atoms with Crippen LogP contribution in [0.2, 0.25) is 0 Å². The third-order valence-corrected chi connectivity index (χ3v) is 4.03. The van der Waals surface area contributed by atoms with Crippen LogP contribution in [0.25, 0.3) is 0 Å². The molecule has 1 aromatic rings. The molecule has 0 aromatic heterocycles. The van der Waals surface area contributed by atoms with Gasteiger partial charge in [0.15, 0.2) is 5.96 Å².